The lowest BCUT2D eigenvalue weighted by Gasteiger charge is -2.12. The number of ether oxygens (including phenoxy) is 2. The van der Waals surface area contributed by atoms with Gasteiger partial charge >= 0.3 is 0 Å². The number of benzene rings is 1. The van der Waals surface area contributed by atoms with Crippen LogP contribution in [0.5, 0.6) is 5.75 Å². The van der Waals surface area contributed by atoms with Gasteiger partial charge in [-0.05, 0) is 30.7 Å². The molecule has 0 radical (unpaired) electrons. The Morgan fingerprint density at radius 3 is 2.83 bits per heavy atom. The minimum absolute atomic E-state index is 0.0854. The van der Waals surface area contributed by atoms with E-state index in [9.17, 15) is 0 Å². The number of hydrogen-bond acceptors (Lipinski definition) is 7. The Morgan fingerprint density at radius 2 is 2.13 bits per heavy atom. The maximum Gasteiger partial charge on any atom is 0.187 e. The lowest BCUT2D eigenvalue weighted by molar-refractivity contribution is 0.0981. The van der Waals surface area contributed by atoms with Crippen LogP contribution in [0.3, 0.4) is 0 Å². The average Bonchev–Trinajstić information content (AvgIpc) is 3.20. The van der Waals surface area contributed by atoms with Crippen LogP contribution in [0.4, 0.5) is 0 Å². The molecule has 0 aliphatic carbocycles. The van der Waals surface area contributed by atoms with Gasteiger partial charge in [-0.2, -0.15) is 4.68 Å². The Hall–Kier alpha value is -2.58. The Balaban J connectivity index is 1.77. The van der Waals surface area contributed by atoms with Crippen LogP contribution in [0.15, 0.2) is 30.5 Å². The number of hydrogen-bond donors (Lipinski definition) is 1. The predicted molar refractivity (Wildman–Crippen MR) is 82.3 cm³/mol. The maximum atomic E-state index is 6.05. The molecule has 2 atom stereocenters. The highest BCUT2D eigenvalue weighted by Gasteiger charge is 2.29. The van der Waals surface area contributed by atoms with Gasteiger partial charge in [0, 0.05) is 12.6 Å². The van der Waals surface area contributed by atoms with Crippen molar-refractivity contribution in [2.75, 3.05) is 13.7 Å². The summed E-state index contributed by atoms with van der Waals surface area (Å²) in [6, 6.07) is 7.43. The van der Waals surface area contributed by atoms with Gasteiger partial charge in [0.05, 0.1) is 19.0 Å². The monoisotopic (exact) mass is 312 g/mol. The van der Waals surface area contributed by atoms with E-state index in [1.54, 1.807) is 18.0 Å². The zero-order valence-electron chi connectivity index (χ0n) is 12.6. The van der Waals surface area contributed by atoms with Gasteiger partial charge in [-0.15, -0.1) is 5.10 Å². The molecule has 8 heteroatoms. The first-order valence-electron chi connectivity index (χ1n) is 7.36. The lowest BCUT2D eigenvalue weighted by atomic mass is 10.1. The first-order chi connectivity index (χ1) is 11.3. The van der Waals surface area contributed by atoms with Crippen LogP contribution in [0, 0.1) is 0 Å². The summed E-state index contributed by atoms with van der Waals surface area (Å²) in [6.45, 7) is 0.628. The van der Waals surface area contributed by atoms with Crippen molar-refractivity contribution in [1.82, 2.24) is 25.0 Å². The zero-order valence-corrected chi connectivity index (χ0v) is 12.6. The highest BCUT2D eigenvalue weighted by atomic mass is 16.5. The quantitative estimate of drug-likeness (QED) is 0.770. The molecular weight excluding hydrogens is 296 g/mol. The molecule has 8 nitrogen and oxygen atoms in total. The van der Waals surface area contributed by atoms with Crippen LogP contribution in [0.2, 0.25) is 0 Å². The molecule has 1 saturated heterocycles. The molecule has 0 spiro atoms. The predicted octanol–water partition coefficient (Wildman–Crippen LogP) is 1.01. The summed E-state index contributed by atoms with van der Waals surface area (Å²) in [5.41, 5.74) is 8.15. The Bertz CT molecular complexity index is 832. The van der Waals surface area contributed by atoms with Crippen molar-refractivity contribution in [3.05, 3.63) is 36.3 Å². The van der Waals surface area contributed by atoms with Crippen molar-refractivity contribution in [1.29, 1.82) is 0 Å². The molecule has 118 valence electrons. The molecule has 1 aliphatic rings. The van der Waals surface area contributed by atoms with E-state index in [-0.39, 0.29) is 12.1 Å². The number of aromatic nitrogens is 5. The summed E-state index contributed by atoms with van der Waals surface area (Å²) in [4.78, 5) is 8.90. The standard InChI is InChI=1S/C15H16N6O2/c1-22-10-4-2-9(3-5-10)21-15-12(19-20-21)8-17-14(18-15)13-11(16)6-7-23-13/h2-5,8,11,13H,6-7,16H2,1H3/t11?,13-/m0/s1. The molecule has 1 aliphatic heterocycles. The van der Waals surface area contributed by atoms with Crippen LogP contribution in [0.25, 0.3) is 16.9 Å². The fourth-order valence-electron chi connectivity index (χ4n) is 2.65. The normalized spacial score (nSPS) is 21.0. The van der Waals surface area contributed by atoms with E-state index in [0.717, 1.165) is 17.9 Å². The number of nitrogens with zero attached hydrogens (tertiary/aromatic N) is 5. The van der Waals surface area contributed by atoms with Gasteiger partial charge in [0.25, 0.3) is 0 Å². The molecule has 4 rings (SSSR count). The highest BCUT2D eigenvalue weighted by Crippen LogP contribution is 2.26. The molecule has 3 heterocycles. The van der Waals surface area contributed by atoms with Crippen molar-refractivity contribution in [3.8, 4) is 11.4 Å². The third kappa shape index (κ3) is 2.41. The van der Waals surface area contributed by atoms with Gasteiger partial charge in [0.1, 0.15) is 11.9 Å². The van der Waals surface area contributed by atoms with Gasteiger partial charge in [-0.25, -0.2) is 9.97 Å². The SMILES string of the molecule is COc1ccc(-n2nnc3cnc([C@H]4OCCC4N)nc32)cc1. The zero-order chi connectivity index (χ0) is 15.8. The third-order valence-corrected chi connectivity index (χ3v) is 3.92. The van der Waals surface area contributed by atoms with Gasteiger partial charge in [0.15, 0.2) is 17.0 Å². The van der Waals surface area contributed by atoms with Crippen molar-refractivity contribution < 1.29 is 9.47 Å². The first kappa shape index (κ1) is 14.0. The molecule has 3 aromatic rings. The lowest BCUT2D eigenvalue weighted by Crippen LogP contribution is -2.25. The van der Waals surface area contributed by atoms with E-state index >= 15 is 0 Å². The summed E-state index contributed by atoms with van der Waals surface area (Å²) in [6.07, 6.45) is 2.18. The first-order valence-corrected chi connectivity index (χ1v) is 7.36. The van der Waals surface area contributed by atoms with E-state index in [1.807, 2.05) is 24.3 Å². The second-order valence-electron chi connectivity index (χ2n) is 5.38. The highest BCUT2D eigenvalue weighted by molar-refractivity contribution is 5.70. The molecule has 2 N–H and O–H groups in total. The minimum Gasteiger partial charge on any atom is -0.497 e. The van der Waals surface area contributed by atoms with Crippen LogP contribution in [0.1, 0.15) is 18.3 Å². The Morgan fingerprint density at radius 1 is 1.30 bits per heavy atom. The molecule has 1 aromatic carbocycles. The number of nitrogens with two attached hydrogens (primary N) is 1. The number of methoxy groups -OCH3 is 1. The second kappa shape index (κ2) is 5.56. The molecule has 1 unspecified atom stereocenters. The summed E-state index contributed by atoms with van der Waals surface area (Å²) in [5.74, 6) is 1.35. The summed E-state index contributed by atoms with van der Waals surface area (Å²) >= 11 is 0. The number of fused-ring (bicyclic) bond motifs is 1. The van der Waals surface area contributed by atoms with E-state index in [0.29, 0.717) is 23.6 Å². The van der Waals surface area contributed by atoms with Crippen LogP contribution < -0.4 is 10.5 Å². The average molecular weight is 312 g/mol. The topological polar surface area (TPSA) is 101 Å². The van der Waals surface area contributed by atoms with Gasteiger partial charge in [0.2, 0.25) is 0 Å². The van der Waals surface area contributed by atoms with Gasteiger partial charge in [-0.3, -0.25) is 0 Å². The van der Waals surface area contributed by atoms with Crippen LogP contribution in [-0.2, 0) is 4.74 Å². The van der Waals surface area contributed by atoms with Gasteiger partial charge < -0.3 is 15.2 Å². The summed E-state index contributed by atoms with van der Waals surface area (Å²) < 4.78 is 12.5. The van der Waals surface area contributed by atoms with Gasteiger partial charge in [-0.1, -0.05) is 5.21 Å². The number of rotatable bonds is 3. The molecule has 23 heavy (non-hydrogen) atoms. The molecule has 2 aromatic heterocycles. The maximum absolute atomic E-state index is 6.05. The second-order valence-corrected chi connectivity index (χ2v) is 5.38. The van der Waals surface area contributed by atoms with Crippen molar-refractivity contribution in [3.63, 3.8) is 0 Å². The van der Waals surface area contributed by atoms with E-state index in [4.69, 9.17) is 15.2 Å². The summed E-state index contributed by atoms with van der Waals surface area (Å²) in [7, 11) is 1.63. The van der Waals surface area contributed by atoms with E-state index in [2.05, 4.69) is 20.3 Å². The Labute approximate surface area is 132 Å². The van der Waals surface area contributed by atoms with Crippen LogP contribution >= 0.6 is 0 Å². The fraction of sp³-hybridized carbons (Fsp3) is 0.333. The summed E-state index contributed by atoms with van der Waals surface area (Å²) in [5, 5.41) is 8.27. The van der Waals surface area contributed by atoms with Crippen molar-refractivity contribution in [2.45, 2.75) is 18.6 Å². The van der Waals surface area contributed by atoms with Crippen molar-refractivity contribution >= 4 is 11.2 Å². The molecule has 0 amide bonds. The smallest absolute Gasteiger partial charge is 0.187 e. The Kier molecular flexibility index (Phi) is 3.40. The van der Waals surface area contributed by atoms with E-state index in [1.165, 1.54) is 0 Å². The third-order valence-electron chi connectivity index (χ3n) is 3.92. The molecule has 0 bridgehead atoms. The molecule has 0 saturated carbocycles. The molecule has 1 fully saturated rings. The minimum atomic E-state index is -0.279. The van der Waals surface area contributed by atoms with Crippen molar-refractivity contribution in [2.24, 2.45) is 5.73 Å². The largest absolute Gasteiger partial charge is 0.497 e. The van der Waals surface area contributed by atoms with E-state index < -0.39 is 0 Å². The van der Waals surface area contributed by atoms with Crippen LogP contribution in [-0.4, -0.2) is 44.7 Å². The molecular formula is C15H16N6O2. The fourth-order valence-corrected chi connectivity index (χ4v) is 2.65.